The van der Waals surface area contributed by atoms with Gasteiger partial charge in [0, 0.05) is 11.0 Å². The van der Waals surface area contributed by atoms with Gasteiger partial charge in [-0.1, -0.05) is 15.9 Å². The van der Waals surface area contributed by atoms with Crippen molar-refractivity contribution < 1.29 is 4.42 Å². The van der Waals surface area contributed by atoms with Crippen LogP contribution in [0.1, 0.15) is 12.8 Å². The Kier molecular flexibility index (Phi) is 2.10. The maximum Gasteiger partial charge on any atom is 0.420 e. The summed E-state index contributed by atoms with van der Waals surface area (Å²) in [5.74, 6) is 0.311. The summed E-state index contributed by atoms with van der Waals surface area (Å²) >= 11 is 3.37. The van der Waals surface area contributed by atoms with Gasteiger partial charge in [0.05, 0.1) is 11.2 Å². The summed E-state index contributed by atoms with van der Waals surface area (Å²) in [5.41, 5.74) is 7.58. The minimum Gasteiger partial charge on any atom is -0.405 e. The molecule has 5 heteroatoms. The molecule has 0 radical (unpaired) electrons. The Labute approximate surface area is 100 Å². The number of benzene rings is 1. The van der Waals surface area contributed by atoms with Crippen molar-refractivity contribution >= 4 is 32.7 Å². The van der Waals surface area contributed by atoms with E-state index in [2.05, 4.69) is 15.9 Å². The SMILES string of the molecule is Nc1cc(Br)cc2c1oc(=O)n2CC1CC1. The second kappa shape index (κ2) is 3.38. The Balaban J connectivity index is 2.25. The molecule has 0 saturated heterocycles. The average molecular weight is 283 g/mol. The molecular weight excluding hydrogens is 272 g/mol. The molecule has 0 unspecified atom stereocenters. The number of fused-ring (bicyclic) bond motifs is 1. The molecular formula is C11H11BrN2O2. The maximum absolute atomic E-state index is 11.7. The number of nitrogens with zero attached hydrogens (tertiary/aromatic N) is 1. The highest BCUT2D eigenvalue weighted by molar-refractivity contribution is 9.10. The molecule has 2 N–H and O–H groups in total. The molecule has 16 heavy (non-hydrogen) atoms. The van der Waals surface area contributed by atoms with Crippen LogP contribution < -0.4 is 11.5 Å². The summed E-state index contributed by atoms with van der Waals surface area (Å²) in [5, 5.41) is 0. The Morgan fingerprint density at radius 2 is 2.25 bits per heavy atom. The second-order valence-corrected chi connectivity index (χ2v) is 5.18. The lowest BCUT2D eigenvalue weighted by Crippen LogP contribution is -2.15. The van der Waals surface area contributed by atoms with E-state index < -0.39 is 0 Å². The van der Waals surface area contributed by atoms with Crippen molar-refractivity contribution in [2.24, 2.45) is 5.92 Å². The van der Waals surface area contributed by atoms with Crippen LogP contribution in [-0.2, 0) is 6.54 Å². The average Bonchev–Trinajstić information content (AvgIpc) is 2.96. The predicted molar refractivity (Wildman–Crippen MR) is 65.3 cm³/mol. The van der Waals surface area contributed by atoms with Gasteiger partial charge < -0.3 is 10.2 Å². The predicted octanol–water partition coefficient (Wildman–Crippen LogP) is 2.35. The van der Waals surface area contributed by atoms with Crippen molar-refractivity contribution in [2.45, 2.75) is 19.4 Å². The van der Waals surface area contributed by atoms with Crippen molar-refractivity contribution in [2.75, 3.05) is 5.73 Å². The van der Waals surface area contributed by atoms with Crippen LogP contribution >= 0.6 is 15.9 Å². The van der Waals surface area contributed by atoms with Gasteiger partial charge in [0.25, 0.3) is 0 Å². The number of rotatable bonds is 2. The van der Waals surface area contributed by atoms with Crippen LogP contribution in [0, 0.1) is 5.92 Å². The molecule has 84 valence electrons. The number of halogens is 1. The number of anilines is 1. The molecule has 1 fully saturated rings. The highest BCUT2D eigenvalue weighted by Gasteiger charge is 2.24. The molecule has 0 spiro atoms. The molecule has 0 amide bonds. The third-order valence-corrected chi connectivity index (χ3v) is 3.36. The van der Waals surface area contributed by atoms with Crippen molar-refractivity contribution in [3.05, 3.63) is 27.2 Å². The molecule has 2 aromatic rings. The van der Waals surface area contributed by atoms with Gasteiger partial charge in [0.1, 0.15) is 0 Å². The molecule has 3 rings (SSSR count). The van der Waals surface area contributed by atoms with Crippen LogP contribution in [0.2, 0.25) is 0 Å². The number of oxazole rings is 1. The number of hydrogen-bond donors (Lipinski definition) is 1. The van der Waals surface area contributed by atoms with Gasteiger partial charge in [-0.3, -0.25) is 4.57 Å². The fourth-order valence-electron chi connectivity index (χ4n) is 1.88. The van der Waals surface area contributed by atoms with Gasteiger partial charge in [0.15, 0.2) is 5.58 Å². The first-order valence-corrected chi connectivity index (χ1v) is 6.03. The van der Waals surface area contributed by atoms with Crippen LogP contribution in [0.3, 0.4) is 0 Å². The lowest BCUT2D eigenvalue weighted by atomic mass is 10.3. The van der Waals surface area contributed by atoms with Crippen molar-refractivity contribution in [3.63, 3.8) is 0 Å². The Hall–Kier alpha value is -1.23. The monoisotopic (exact) mass is 282 g/mol. The summed E-state index contributed by atoms with van der Waals surface area (Å²) in [4.78, 5) is 11.7. The summed E-state index contributed by atoms with van der Waals surface area (Å²) in [7, 11) is 0. The van der Waals surface area contributed by atoms with Crippen molar-refractivity contribution in [1.82, 2.24) is 4.57 Å². The van der Waals surface area contributed by atoms with Crippen molar-refractivity contribution in [1.29, 1.82) is 0 Å². The van der Waals surface area contributed by atoms with Gasteiger partial charge in [-0.15, -0.1) is 0 Å². The molecule has 0 aliphatic heterocycles. The highest BCUT2D eigenvalue weighted by Crippen LogP contribution is 2.32. The zero-order valence-corrected chi connectivity index (χ0v) is 10.2. The molecule has 4 nitrogen and oxygen atoms in total. The van der Waals surface area contributed by atoms with E-state index in [-0.39, 0.29) is 5.76 Å². The molecule has 1 heterocycles. The zero-order valence-electron chi connectivity index (χ0n) is 8.57. The van der Waals surface area contributed by atoms with Gasteiger partial charge >= 0.3 is 5.76 Å². The number of hydrogen-bond acceptors (Lipinski definition) is 3. The fraction of sp³-hybridized carbons (Fsp3) is 0.364. The van der Waals surface area contributed by atoms with E-state index in [1.54, 1.807) is 10.6 Å². The largest absolute Gasteiger partial charge is 0.420 e. The first-order chi connectivity index (χ1) is 7.65. The number of nitrogen functional groups attached to an aromatic ring is 1. The van der Waals surface area contributed by atoms with Gasteiger partial charge in [0.2, 0.25) is 0 Å². The number of aromatic nitrogens is 1. The Bertz CT molecular complexity index is 610. The first kappa shape index (κ1) is 9.96. The molecule has 1 aliphatic rings. The minimum atomic E-state index is -0.313. The quantitative estimate of drug-likeness (QED) is 0.860. The van der Waals surface area contributed by atoms with E-state index in [0.717, 1.165) is 16.5 Å². The van der Waals surface area contributed by atoms with Gasteiger partial charge in [-0.2, -0.15) is 0 Å². The lowest BCUT2D eigenvalue weighted by Gasteiger charge is -2.01. The van der Waals surface area contributed by atoms with E-state index in [4.69, 9.17) is 10.2 Å². The van der Waals surface area contributed by atoms with E-state index >= 15 is 0 Å². The minimum absolute atomic E-state index is 0.313. The third-order valence-electron chi connectivity index (χ3n) is 2.90. The molecule has 1 aromatic carbocycles. The molecule has 1 aromatic heterocycles. The highest BCUT2D eigenvalue weighted by atomic mass is 79.9. The molecule has 0 bridgehead atoms. The maximum atomic E-state index is 11.7. The summed E-state index contributed by atoms with van der Waals surface area (Å²) in [6, 6.07) is 3.62. The van der Waals surface area contributed by atoms with Gasteiger partial charge in [-0.05, 0) is 30.9 Å². The van der Waals surface area contributed by atoms with Crippen LogP contribution in [-0.4, -0.2) is 4.57 Å². The van der Waals surface area contributed by atoms with Crippen LogP contribution in [0.25, 0.3) is 11.1 Å². The van der Waals surface area contributed by atoms with Crippen LogP contribution in [0.4, 0.5) is 5.69 Å². The topological polar surface area (TPSA) is 61.2 Å². The summed E-state index contributed by atoms with van der Waals surface area (Å²) < 4.78 is 7.71. The zero-order chi connectivity index (χ0) is 11.3. The Morgan fingerprint density at radius 1 is 1.50 bits per heavy atom. The summed E-state index contributed by atoms with van der Waals surface area (Å²) in [6.07, 6.45) is 2.39. The van der Waals surface area contributed by atoms with Crippen LogP contribution in [0.5, 0.6) is 0 Å². The number of nitrogens with two attached hydrogens (primary N) is 1. The van der Waals surface area contributed by atoms with Crippen molar-refractivity contribution in [3.8, 4) is 0 Å². The second-order valence-electron chi connectivity index (χ2n) is 4.27. The molecule has 0 atom stereocenters. The first-order valence-electron chi connectivity index (χ1n) is 5.23. The lowest BCUT2D eigenvalue weighted by molar-refractivity contribution is 0.492. The molecule has 1 saturated carbocycles. The normalized spacial score (nSPS) is 15.8. The standard InChI is InChI=1S/C11H11BrN2O2/c12-7-3-8(13)10-9(4-7)14(11(15)16-10)5-6-1-2-6/h3-4,6H,1-2,5,13H2. The van der Waals surface area contributed by atoms with E-state index in [0.29, 0.717) is 17.2 Å². The van der Waals surface area contributed by atoms with Crippen LogP contribution in [0.15, 0.2) is 25.8 Å². The van der Waals surface area contributed by atoms with Gasteiger partial charge in [-0.25, -0.2) is 4.79 Å². The fourth-order valence-corrected chi connectivity index (χ4v) is 2.35. The molecule has 1 aliphatic carbocycles. The van der Waals surface area contributed by atoms with E-state index in [1.807, 2.05) is 6.07 Å². The van der Waals surface area contributed by atoms with E-state index in [1.165, 1.54) is 12.8 Å². The Morgan fingerprint density at radius 3 is 2.94 bits per heavy atom. The smallest absolute Gasteiger partial charge is 0.405 e. The third kappa shape index (κ3) is 1.55. The van der Waals surface area contributed by atoms with E-state index in [9.17, 15) is 4.79 Å². The summed E-state index contributed by atoms with van der Waals surface area (Å²) in [6.45, 7) is 0.738.